The Labute approximate surface area is 141 Å². The summed E-state index contributed by atoms with van der Waals surface area (Å²) in [5.41, 5.74) is 1.90. The molecule has 0 saturated heterocycles. The van der Waals surface area contributed by atoms with Crippen LogP contribution in [0.25, 0.3) is 11.0 Å². The highest BCUT2D eigenvalue weighted by Gasteiger charge is 2.09. The van der Waals surface area contributed by atoms with Crippen LogP contribution in [0.3, 0.4) is 0 Å². The average Bonchev–Trinajstić information content (AvgIpc) is 3.20. The molecule has 0 saturated carbocycles. The molecule has 8 heteroatoms. The van der Waals surface area contributed by atoms with Gasteiger partial charge < -0.3 is 0 Å². The van der Waals surface area contributed by atoms with Crippen LogP contribution in [0.1, 0.15) is 11.1 Å². The first-order valence-corrected chi connectivity index (χ1v) is 7.65. The molecule has 0 fully saturated rings. The summed E-state index contributed by atoms with van der Waals surface area (Å²) in [4.78, 5) is 7.99. The van der Waals surface area contributed by atoms with Crippen molar-refractivity contribution in [3.63, 3.8) is 0 Å². The second-order valence-corrected chi connectivity index (χ2v) is 5.72. The number of hydrogen-bond donors (Lipinski definition) is 0. The van der Waals surface area contributed by atoms with Crippen molar-refractivity contribution >= 4 is 22.6 Å². The highest BCUT2D eigenvalue weighted by Crippen LogP contribution is 2.19. The molecule has 0 N–H and O–H groups in total. The number of nitrogens with zero attached hydrogens (tertiary/aromatic N) is 6. The molecule has 24 heavy (non-hydrogen) atoms. The smallest absolute Gasteiger partial charge is 0.185 e. The van der Waals surface area contributed by atoms with Crippen molar-refractivity contribution in [1.82, 2.24) is 29.5 Å². The minimum Gasteiger partial charge on any atom is -0.268 e. The Morgan fingerprint density at radius 1 is 1.12 bits per heavy atom. The highest BCUT2D eigenvalue weighted by atomic mass is 35.5. The van der Waals surface area contributed by atoms with Gasteiger partial charge in [-0.05, 0) is 17.7 Å². The fraction of sp³-hybridized carbons (Fsp3) is 0.125. The van der Waals surface area contributed by atoms with Gasteiger partial charge in [0.25, 0.3) is 0 Å². The molecule has 0 radical (unpaired) electrons. The molecular formula is C16H12ClFN6. The topological polar surface area (TPSA) is 61.4 Å². The molecule has 4 aromatic rings. The Balaban J connectivity index is 1.57. The van der Waals surface area contributed by atoms with E-state index in [2.05, 4.69) is 20.2 Å². The summed E-state index contributed by atoms with van der Waals surface area (Å²) < 4.78 is 17.7. The van der Waals surface area contributed by atoms with Crippen molar-refractivity contribution in [3.8, 4) is 0 Å². The molecule has 0 unspecified atom stereocenters. The zero-order valence-electron chi connectivity index (χ0n) is 12.5. The number of halogens is 2. The third kappa shape index (κ3) is 2.85. The van der Waals surface area contributed by atoms with Crippen molar-refractivity contribution in [2.24, 2.45) is 0 Å². The lowest BCUT2D eigenvalue weighted by Crippen LogP contribution is -2.05. The standard InChI is InChI=1S/C16H12ClFN6/c17-15-13-9-24(22-16(13)20-10-19-15)7-11-2-3-12(14(18)6-11)8-23-5-1-4-21-23/h1-6,9-10H,7-8H2. The van der Waals surface area contributed by atoms with E-state index in [1.54, 1.807) is 34.0 Å². The van der Waals surface area contributed by atoms with Crippen LogP contribution >= 0.6 is 11.6 Å². The number of benzene rings is 1. The lowest BCUT2D eigenvalue weighted by atomic mass is 10.1. The lowest BCUT2D eigenvalue weighted by Gasteiger charge is -2.07. The van der Waals surface area contributed by atoms with Gasteiger partial charge in [0.1, 0.15) is 17.3 Å². The van der Waals surface area contributed by atoms with Crippen LogP contribution in [0.4, 0.5) is 4.39 Å². The highest BCUT2D eigenvalue weighted by molar-refractivity contribution is 6.33. The van der Waals surface area contributed by atoms with Crippen molar-refractivity contribution in [2.45, 2.75) is 13.1 Å². The third-order valence-electron chi connectivity index (χ3n) is 3.67. The maximum Gasteiger partial charge on any atom is 0.185 e. The summed E-state index contributed by atoms with van der Waals surface area (Å²) >= 11 is 6.01. The van der Waals surface area contributed by atoms with Gasteiger partial charge in [0.05, 0.1) is 18.5 Å². The van der Waals surface area contributed by atoms with E-state index in [4.69, 9.17) is 11.6 Å². The predicted molar refractivity (Wildman–Crippen MR) is 87.2 cm³/mol. The fourth-order valence-corrected chi connectivity index (χ4v) is 2.69. The van der Waals surface area contributed by atoms with Crippen LogP contribution < -0.4 is 0 Å². The van der Waals surface area contributed by atoms with Crippen molar-refractivity contribution in [2.75, 3.05) is 0 Å². The summed E-state index contributed by atoms with van der Waals surface area (Å²) in [5.74, 6) is -0.266. The van der Waals surface area contributed by atoms with Gasteiger partial charge >= 0.3 is 0 Å². The molecule has 3 aromatic heterocycles. The molecule has 0 bridgehead atoms. The maximum atomic E-state index is 14.3. The molecule has 0 aliphatic carbocycles. The Hall–Kier alpha value is -2.80. The summed E-state index contributed by atoms with van der Waals surface area (Å²) in [5, 5.41) is 9.44. The predicted octanol–water partition coefficient (Wildman–Crippen LogP) is 2.91. The largest absolute Gasteiger partial charge is 0.268 e. The average molecular weight is 343 g/mol. The number of fused-ring (bicyclic) bond motifs is 1. The first kappa shape index (κ1) is 14.8. The second kappa shape index (κ2) is 6.01. The first-order valence-electron chi connectivity index (χ1n) is 7.27. The number of aromatic nitrogens is 6. The second-order valence-electron chi connectivity index (χ2n) is 5.36. The van der Waals surface area contributed by atoms with E-state index >= 15 is 0 Å². The molecule has 0 aliphatic heterocycles. The van der Waals surface area contributed by atoms with Crippen LogP contribution in [-0.4, -0.2) is 29.5 Å². The molecule has 1 aromatic carbocycles. The van der Waals surface area contributed by atoms with E-state index < -0.39 is 0 Å². The van der Waals surface area contributed by atoms with Gasteiger partial charge in [0, 0.05) is 24.2 Å². The van der Waals surface area contributed by atoms with Crippen LogP contribution in [0.2, 0.25) is 5.15 Å². The lowest BCUT2D eigenvalue weighted by molar-refractivity contribution is 0.580. The maximum absolute atomic E-state index is 14.3. The van der Waals surface area contributed by atoms with E-state index in [1.807, 2.05) is 12.1 Å². The minimum atomic E-state index is -0.266. The molecule has 6 nitrogen and oxygen atoms in total. The number of rotatable bonds is 4. The Bertz CT molecular complexity index is 995. The minimum absolute atomic E-state index is 0.266. The van der Waals surface area contributed by atoms with Crippen molar-refractivity contribution in [1.29, 1.82) is 0 Å². The molecule has 0 atom stereocenters. The number of hydrogen-bond acceptors (Lipinski definition) is 4. The molecule has 0 aliphatic rings. The van der Waals surface area contributed by atoms with Crippen LogP contribution in [0, 0.1) is 5.82 Å². The summed E-state index contributed by atoms with van der Waals surface area (Å²) in [7, 11) is 0. The molecule has 4 rings (SSSR count). The third-order valence-corrected chi connectivity index (χ3v) is 3.97. The van der Waals surface area contributed by atoms with Gasteiger partial charge in [-0.25, -0.2) is 14.4 Å². The molecule has 120 valence electrons. The summed E-state index contributed by atoms with van der Waals surface area (Å²) in [6.07, 6.45) is 6.59. The van der Waals surface area contributed by atoms with Gasteiger partial charge in [0.15, 0.2) is 5.65 Å². The Morgan fingerprint density at radius 3 is 2.79 bits per heavy atom. The van der Waals surface area contributed by atoms with E-state index in [0.717, 1.165) is 5.56 Å². The van der Waals surface area contributed by atoms with Gasteiger partial charge in [-0.15, -0.1) is 0 Å². The van der Waals surface area contributed by atoms with Crippen LogP contribution in [0.5, 0.6) is 0 Å². The Morgan fingerprint density at radius 2 is 2.04 bits per heavy atom. The summed E-state index contributed by atoms with van der Waals surface area (Å²) in [6, 6.07) is 6.96. The quantitative estimate of drug-likeness (QED) is 0.535. The van der Waals surface area contributed by atoms with E-state index in [0.29, 0.717) is 34.8 Å². The van der Waals surface area contributed by atoms with Gasteiger partial charge in [-0.3, -0.25) is 9.36 Å². The van der Waals surface area contributed by atoms with E-state index in [1.165, 1.54) is 12.4 Å². The monoisotopic (exact) mass is 342 g/mol. The first-order chi connectivity index (χ1) is 11.7. The normalized spacial score (nSPS) is 11.2. The van der Waals surface area contributed by atoms with E-state index in [9.17, 15) is 4.39 Å². The zero-order chi connectivity index (χ0) is 16.5. The van der Waals surface area contributed by atoms with E-state index in [-0.39, 0.29) is 5.82 Å². The molecular weight excluding hydrogens is 331 g/mol. The molecule has 0 spiro atoms. The van der Waals surface area contributed by atoms with Gasteiger partial charge in [-0.2, -0.15) is 10.2 Å². The fourth-order valence-electron chi connectivity index (χ4n) is 2.51. The molecule has 0 amide bonds. The SMILES string of the molecule is Fc1cc(Cn2cc3c(Cl)ncnc3n2)ccc1Cn1cccn1. The van der Waals surface area contributed by atoms with Gasteiger partial charge in [-0.1, -0.05) is 23.7 Å². The van der Waals surface area contributed by atoms with Crippen molar-refractivity contribution in [3.05, 3.63) is 71.3 Å². The van der Waals surface area contributed by atoms with Crippen molar-refractivity contribution < 1.29 is 4.39 Å². The van der Waals surface area contributed by atoms with Crippen LogP contribution in [-0.2, 0) is 13.1 Å². The zero-order valence-corrected chi connectivity index (χ0v) is 13.2. The molecule has 3 heterocycles. The van der Waals surface area contributed by atoms with Crippen LogP contribution in [0.15, 0.2) is 49.2 Å². The Kier molecular flexibility index (Phi) is 3.70. The van der Waals surface area contributed by atoms with Gasteiger partial charge in [0.2, 0.25) is 0 Å². The summed E-state index contributed by atoms with van der Waals surface area (Å²) in [6.45, 7) is 0.821.